The lowest BCUT2D eigenvalue weighted by atomic mass is 9.94. The minimum Gasteiger partial charge on any atom is -0.368 e. The van der Waals surface area contributed by atoms with E-state index in [4.69, 9.17) is 5.73 Å². The van der Waals surface area contributed by atoms with Crippen molar-refractivity contribution in [3.05, 3.63) is 17.5 Å². The van der Waals surface area contributed by atoms with Gasteiger partial charge >= 0.3 is 0 Å². The highest BCUT2D eigenvalue weighted by molar-refractivity contribution is 5.81. The third kappa shape index (κ3) is 2.72. The fraction of sp³-hybridized carbons (Fsp3) is 0.692. The summed E-state index contributed by atoms with van der Waals surface area (Å²) in [5.74, 6) is -0.323. The zero-order valence-electron chi connectivity index (χ0n) is 11.1. The second-order valence-corrected chi connectivity index (χ2v) is 5.15. The van der Waals surface area contributed by atoms with Crippen LogP contribution in [0.25, 0.3) is 0 Å². The van der Waals surface area contributed by atoms with Gasteiger partial charge in [-0.05, 0) is 19.8 Å². The molecule has 1 saturated carbocycles. The lowest BCUT2D eigenvalue weighted by Gasteiger charge is -2.27. The first-order valence-corrected chi connectivity index (χ1v) is 6.63. The maximum absolute atomic E-state index is 11.7. The Kier molecular flexibility index (Phi) is 4.01. The predicted octanol–water partition coefficient (Wildman–Crippen LogP) is 1.18. The molecule has 0 bridgehead atoms. The number of amides is 1. The van der Waals surface area contributed by atoms with Crippen molar-refractivity contribution in [3.8, 4) is 0 Å². The van der Waals surface area contributed by atoms with Gasteiger partial charge in [-0.1, -0.05) is 19.3 Å². The van der Waals surface area contributed by atoms with Gasteiger partial charge in [0.25, 0.3) is 0 Å². The summed E-state index contributed by atoms with van der Waals surface area (Å²) in [5, 5.41) is 7.58. The van der Waals surface area contributed by atoms with E-state index in [1.165, 1.54) is 19.3 Å². The Morgan fingerprint density at radius 1 is 1.50 bits per heavy atom. The molecule has 0 aliphatic heterocycles. The van der Waals surface area contributed by atoms with E-state index < -0.39 is 6.04 Å². The Morgan fingerprint density at radius 3 is 2.67 bits per heavy atom. The van der Waals surface area contributed by atoms with Crippen molar-refractivity contribution in [1.82, 2.24) is 15.1 Å². The molecular formula is C13H22N4O. The molecule has 1 aliphatic carbocycles. The topological polar surface area (TPSA) is 72.9 Å². The van der Waals surface area contributed by atoms with Crippen LogP contribution in [0.3, 0.4) is 0 Å². The van der Waals surface area contributed by atoms with Crippen molar-refractivity contribution in [2.45, 2.75) is 51.1 Å². The van der Waals surface area contributed by atoms with E-state index >= 15 is 0 Å². The van der Waals surface area contributed by atoms with E-state index in [0.717, 1.165) is 24.1 Å². The van der Waals surface area contributed by atoms with Crippen molar-refractivity contribution >= 4 is 5.91 Å². The largest absolute Gasteiger partial charge is 0.368 e. The number of nitrogens with zero attached hydrogens (tertiary/aromatic N) is 2. The number of hydrogen-bond donors (Lipinski definition) is 2. The van der Waals surface area contributed by atoms with Crippen LogP contribution in [0, 0.1) is 6.92 Å². The molecule has 0 saturated heterocycles. The Balaban J connectivity index is 2.13. The van der Waals surface area contributed by atoms with Crippen LogP contribution in [0.15, 0.2) is 6.20 Å². The molecule has 5 heteroatoms. The molecule has 1 fully saturated rings. The van der Waals surface area contributed by atoms with Gasteiger partial charge in [-0.2, -0.15) is 5.10 Å². The van der Waals surface area contributed by atoms with Gasteiger partial charge in [-0.15, -0.1) is 0 Å². The minimum atomic E-state index is -0.415. The number of nitrogens with one attached hydrogen (secondary N) is 1. The number of nitrogens with two attached hydrogens (primary N) is 1. The molecule has 1 aliphatic rings. The van der Waals surface area contributed by atoms with Crippen LogP contribution in [0.2, 0.25) is 0 Å². The molecule has 1 aromatic rings. The molecule has 1 amide bonds. The first-order chi connectivity index (χ1) is 8.59. The van der Waals surface area contributed by atoms with Crippen LogP contribution in [-0.2, 0) is 11.8 Å². The van der Waals surface area contributed by atoms with Crippen LogP contribution >= 0.6 is 0 Å². The number of hydrogen-bond acceptors (Lipinski definition) is 3. The van der Waals surface area contributed by atoms with E-state index in [-0.39, 0.29) is 5.91 Å². The molecule has 5 nitrogen and oxygen atoms in total. The Bertz CT molecular complexity index is 421. The number of aromatic nitrogens is 2. The lowest BCUT2D eigenvalue weighted by molar-refractivity contribution is -0.120. The van der Waals surface area contributed by atoms with Gasteiger partial charge in [0.15, 0.2) is 0 Å². The predicted molar refractivity (Wildman–Crippen MR) is 69.9 cm³/mol. The molecule has 2 rings (SSSR count). The van der Waals surface area contributed by atoms with E-state index in [0.29, 0.717) is 6.04 Å². The van der Waals surface area contributed by atoms with Gasteiger partial charge in [0, 0.05) is 24.3 Å². The Hall–Kier alpha value is -1.36. The van der Waals surface area contributed by atoms with Crippen LogP contribution < -0.4 is 11.1 Å². The Labute approximate surface area is 108 Å². The molecule has 3 N–H and O–H groups in total. The second-order valence-electron chi connectivity index (χ2n) is 5.15. The van der Waals surface area contributed by atoms with E-state index in [1.807, 2.05) is 14.0 Å². The lowest BCUT2D eigenvalue weighted by Crippen LogP contribution is -2.41. The quantitative estimate of drug-likeness (QED) is 0.842. The summed E-state index contributed by atoms with van der Waals surface area (Å²) in [6, 6.07) is -0.0161. The molecule has 18 heavy (non-hydrogen) atoms. The second kappa shape index (κ2) is 5.52. The van der Waals surface area contributed by atoms with Crippen LogP contribution in [-0.4, -0.2) is 21.7 Å². The molecule has 0 aromatic carbocycles. The van der Waals surface area contributed by atoms with Crippen molar-refractivity contribution in [3.63, 3.8) is 0 Å². The molecule has 1 heterocycles. The zero-order chi connectivity index (χ0) is 13.1. The maximum atomic E-state index is 11.7. The standard InChI is InChI=1S/C13H22N4O/c1-9-11(8-15-17(9)2)12(13(14)18)16-10-6-4-3-5-7-10/h8,10,12,16H,3-7H2,1-2H3,(H2,14,18). The first-order valence-electron chi connectivity index (χ1n) is 6.63. The summed E-state index contributed by atoms with van der Waals surface area (Å²) >= 11 is 0. The van der Waals surface area contributed by atoms with Crippen molar-refractivity contribution in [1.29, 1.82) is 0 Å². The monoisotopic (exact) mass is 250 g/mol. The number of rotatable bonds is 4. The zero-order valence-corrected chi connectivity index (χ0v) is 11.1. The van der Waals surface area contributed by atoms with E-state index in [1.54, 1.807) is 10.9 Å². The summed E-state index contributed by atoms with van der Waals surface area (Å²) in [6.45, 7) is 1.96. The Morgan fingerprint density at radius 2 is 2.17 bits per heavy atom. The van der Waals surface area contributed by atoms with Gasteiger partial charge in [-0.3, -0.25) is 14.8 Å². The summed E-state index contributed by atoms with van der Waals surface area (Å²) in [7, 11) is 1.87. The number of carbonyl (C=O) groups is 1. The smallest absolute Gasteiger partial charge is 0.239 e. The highest BCUT2D eigenvalue weighted by Crippen LogP contribution is 2.23. The van der Waals surface area contributed by atoms with E-state index in [9.17, 15) is 4.79 Å². The number of aryl methyl sites for hydroxylation is 1. The van der Waals surface area contributed by atoms with Crippen LogP contribution in [0.1, 0.15) is 49.4 Å². The van der Waals surface area contributed by atoms with Gasteiger partial charge in [0.05, 0.1) is 6.20 Å². The summed E-state index contributed by atoms with van der Waals surface area (Å²) < 4.78 is 1.77. The molecule has 1 aromatic heterocycles. The first kappa shape index (κ1) is 13.1. The van der Waals surface area contributed by atoms with Gasteiger partial charge < -0.3 is 5.73 Å². The van der Waals surface area contributed by atoms with Crippen molar-refractivity contribution in [2.75, 3.05) is 0 Å². The SMILES string of the molecule is Cc1c(C(NC2CCCCC2)C(N)=O)cnn1C. The minimum absolute atomic E-state index is 0.323. The molecule has 0 spiro atoms. The normalized spacial score (nSPS) is 18.8. The highest BCUT2D eigenvalue weighted by atomic mass is 16.1. The summed E-state index contributed by atoms with van der Waals surface area (Å²) in [5.41, 5.74) is 7.41. The highest BCUT2D eigenvalue weighted by Gasteiger charge is 2.25. The van der Waals surface area contributed by atoms with Crippen LogP contribution in [0.5, 0.6) is 0 Å². The summed E-state index contributed by atoms with van der Waals surface area (Å²) in [4.78, 5) is 11.7. The fourth-order valence-corrected chi connectivity index (χ4v) is 2.63. The maximum Gasteiger partial charge on any atom is 0.239 e. The average Bonchev–Trinajstić information content (AvgIpc) is 2.68. The van der Waals surface area contributed by atoms with Gasteiger partial charge in [-0.25, -0.2) is 0 Å². The van der Waals surface area contributed by atoms with Gasteiger partial charge in [0.1, 0.15) is 6.04 Å². The third-order valence-corrected chi connectivity index (χ3v) is 3.88. The number of carbonyl (C=O) groups excluding carboxylic acids is 1. The average molecular weight is 250 g/mol. The van der Waals surface area contributed by atoms with Crippen LogP contribution in [0.4, 0.5) is 0 Å². The van der Waals surface area contributed by atoms with Crippen molar-refractivity contribution < 1.29 is 4.79 Å². The number of primary amides is 1. The molecule has 1 unspecified atom stereocenters. The van der Waals surface area contributed by atoms with Crippen molar-refractivity contribution in [2.24, 2.45) is 12.8 Å². The third-order valence-electron chi connectivity index (χ3n) is 3.88. The molecule has 100 valence electrons. The van der Waals surface area contributed by atoms with Gasteiger partial charge in [0.2, 0.25) is 5.91 Å². The van der Waals surface area contributed by atoms with E-state index in [2.05, 4.69) is 10.4 Å². The summed E-state index contributed by atoms with van der Waals surface area (Å²) in [6.07, 6.45) is 7.75. The molecule has 0 radical (unpaired) electrons. The fourth-order valence-electron chi connectivity index (χ4n) is 2.63. The molecule has 1 atom stereocenters. The molecular weight excluding hydrogens is 228 g/mol.